The third kappa shape index (κ3) is 3.78. The van der Waals surface area contributed by atoms with E-state index < -0.39 is 0 Å². The summed E-state index contributed by atoms with van der Waals surface area (Å²) in [6, 6.07) is 24.6. The van der Waals surface area contributed by atoms with Gasteiger partial charge in [-0.15, -0.1) is 11.3 Å². The van der Waals surface area contributed by atoms with Crippen molar-refractivity contribution in [3.05, 3.63) is 82.7 Å². The second-order valence-electron chi connectivity index (χ2n) is 6.33. The van der Waals surface area contributed by atoms with Crippen LogP contribution in [0.4, 0.5) is 5.69 Å². The number of nitrogens with one attached hydrogen (secondary N) is 1. The third-order valence-corrected chi connectivity index (χ3v) is 5.37. The number of hydrogen-bond donors (Lipinski definition) is 1. The number of rotatable bonds is 5. The van der Waals surface area contributed by atoms with Gasteiger partial charge in [-0.1, -0.05) is 55.5 Å². The van der Waals surface area contributed by atoms with Crippen molar-refractivity contribution in [2.45, 2.75) is 13.3 Å². The Bertz CT molecular complexity index is 1180. The molecule has 1 aromatic heterocycles. The fourth-order valence-electron chi connectivity index (χ4n) is 2.92. The van der Waals surface area contributed by atoms with Gasteiger partial charge in [-0.2, -0.15) is 10.4 Å². The number of hydrazone groups is 1. The van der Waals surface area contributed by atoms with E-state index in [1.165, 1.54) is 27.7 Å². The van der Waals surface area contributed by atoms with Crippen molar-refractivity contribution in [1.82, 2.24) is 4.98 Å². The molecule has 0 saturated carbocycles. The molecule has 0 spiro atoms. The molecular weight excluding hydrogens is 364 g/mol. The molecule has 0 radical (unpaired) electrons. The number of thiazole rings is 1. The highest BCUT2D eigenvalue weighted by Crippen LogP contribution is 2.26. The van der Waals surface area contributed by atoms with Crippen molar-refractivity contribution in [2.24, 2.45) is 5.10 Å². The van der Waals surface area contributed by atoms with Gasteiger partial charge in [0.2, 0.25) is 0 Å². The highest BCUT2D eigenvalue weighted by molar-refractivity contribution is 7.12. The summed E-state index contributed by atoms with van der Waals surface area (Å²) in [5.74, 6) is 0. The van der Waals surface area contributed by atoms with Crippen LogP contribution in [0.15, 0.2) is 77.2 Å². The fraction of sp³-hybridized carbons (Fsp3) is 0.0870. The molecule has 0 saturated heterocycles. The van der Waals surface area contributed by atoms with Crippen molar-refractivity contribution in [3.8, 4) is 17.3 Å². The van der Waals surface area contributed by atoms with E-state index in [-0.39, 0.29) is 5.71 Å². The summed E-state index contributed by atoms with van der Waals surface area (Å²) >= 11 is 1.42. The zero-order valence-corrected chi connectivity index (χ0v) is 16.2. The van der Waals surface area contributed by atoms with E-state index in [1.54, 1.807) is 0 Å². The third-order valence-electron chi connectivity index (χ3n) is 4.52. The maximum Gasteiger partial charge on any atom is 0.196 e. The van der Waals surface area contributed by atoms with Gasteiger partial charge >= 0.3 is 0 Å². The molecule has 0 aliphatic heterocycles. The summed E-state index contributed by atoms with van der Waals surface area (Å²) in [5, 5.41) is 18.7. The molecule has 0 atom stereocenters. The van der Waals surface area contributed by atoms with Gasteiger partial charge < -0.3 is 0 Å². The van der Waals surface area contributed by atoms with Crippen molar-refractivity contribution in [1.29, 1.82) is 5.26 Å². The average molecular weight is 382 g/mol. The molecule has 136 valence electrons. The summed E-state index contributed by atoms with van der Waals surface area (Å²) in [6.07, 6.45) is 0.990. The number of aryl methyl sites for hydroxylation is 1. The minimum absolute atomic E-state index is 0.275. The van der Waals surface area contributed by atoms with Crippen LogP contribution in [0.5, 0.6) is 0 Å². The summed E-state index contributed by atoms with van der Waals surface area (Å²) in [6.45, 7) is 2.12. The summed E-state index contributed by atoms with van der Waals surface area (Å²) in [5.41, 5.74) is 7.21. The number of nitriles is 1. The van der Waals surface area contributed by atoms with Gasteiger partial charge in [0.15, 0.2) is 10.7 Å². The number of anilines is 1. The molecule has 5 heteroatoms. The highest BCUT2D eigenvalue weighted by atomic mass is 32.1. The molecule has 0 bridgehead atoms. The molecule has 0 aliphatic rings. The van der Waals surface area contributed by atoms with Crippen LogP contribution in [0.1, 0.15) is 17.5 Å². The number of benzene rings is 3. The van der Waals surface area contributed by atoms with Gasteiger partial charge in [-0.3, -0.25) is 5.43 Å². The highest BCUT2D eigenvalue weighted by Gasteiger charge is 2.11. The Morgan fingerprint density at radius 1 is 1.07 bits per heavy atom. The summed E-state index contributed by atoms with van der Waals surface area (Å²) < 4.78 is 0. The minimum atomic E-state index is 0.275. The molecule has 4 rings (SSSR count). The predicted molar refractivity (Wildman–Crippen MR) is 117 cm³/mol. The standard InChI is InChI=1S/C23H18N4S/c1-2-16-7-11-20(12-8-16)26-27-21(14-24)23-25-22(15-28-23)19-10-9-17-5-3-4-6-18(17)13-19/h3-13,15,26H,2H2,1H3/b27-21-. The van der Waals surface area contributed by atoms with E-state index in [9.17, 15) is 5.26 Å². The smallest absolute Gasteiger partial charge is 0.196 e. The Hall–Kier alpha value is -3.49. The number of aromatic nitrogens is 1. The Balaban J connectivity index is 1.57. The number of fused-ring (bicyclic) bond motifs is 1. The van der Waals surface area contributed by atoms with E-state index in [0.29, 0.717) is 5.01 Å². The van der Waals surface area contributed by atoms with E-state index in [2.05, 4.69) is 58.8 Å². The maximum atomic E-state index is 9.51. The van der Waals surface area contributed by atoms with Crippen LogP contribution in [0.25, 0.3) is 22.0 Å². The van der Waals surface area contributed by atoms with E-state index in [0.717, 1.165) is 23.4 Å². The lowest BCUT2D eigenvalue weighted by Crippen LogP contribution is -2.01. The normalized spacial score (nSPS) is 11.4. The Morgan fingerprint density at radius 2 is 1.86 bits per heavy atom. The molecule has 0 aliphatic carbocycles. The average Bonchev–Trinajstić information content (AvgIpc) is 3.24. The van der Waals surface area contributed by atoms with Gasteiger partial charge in [-0.05, 0) is 41.0 Å². The number of hydrogen-bond acceptors (Lipinski definition) is 5. The molecule has 0 amide bonds. The van der Waals surface area contributed by atoms with Crippen LogP contribution in [-0.2, 0) is 6.42 Å². The van der Waals surface area contributed by atoms with E-state index in [1.807, 2.05) is 41.8 Å². The monoisotopic (exact) mass is 382 g/mol. The quantitative estimate of drug-likeness (QED) is 0.347. The Kier molecular flexibility index (Phi) is 5.14. The Morgan fingerprint density at radius 3 is 2.61 bits per heavy atom. The number of nitrogens with zero attached hydrogens (tertiary/aromatic N) is 3. The first kappa shape index (κ1) is 17.9. The second-order valence-corrected chi connectivity index (χ2v) is 7.19. The summed E-state index contributed by atoms with van der Waals surface area (Å²) in [7, 11) is 0. The van der Waals surface area contributed by atoms with Crippen LogP contribution in [0.3, 0.4) is 0 Å². The zero-order chi connectivity index (χ0) is 19.3. The van der Waals surface area contributed by atoms with Gasteiger partial charge in [0.05, 0.1) is 11.4 Å². The first-order valence-electron chi connectivity index (χ1n) is 9.04. The maximum absolute atomic E-state index is 9.51. The van der Waals surface area contributed by atoms with Crippen LogP contribution in [-0.4, -0.2) is 10.7 Å². The van der Waals surface area contributed by atoms with Crippen molar-refractivity contribution in [3.63, 3.8) is 0 Å². The van der Waals surface area contributed by atoms with Gasteiger partial charge in [-0.25, -0.2) is 4.98 Å². The zero-order valence-electron chi connectivity index (χ0n) is 15.4. The lowest BCUT2D eigenvalue weighted by molar-refractivity contribution is 1.14. The lowest BCUT2D eigenvalue weighted by atomic mass is 10.1. The topological polar surface area (TPSA) is 61.1 Å². The second kappa shape index (κ2) is 8.03. The molecule has 1 heterocycles. The molecular formula is C23H18N4S. The van der Waals surface area contributed by atoms with Gasteiger partial charge in [0.25, 0.3) is 0 Å². The van der Waals surface area contributed by atoms with Crippen molar-refractivity contribution >= 4 is 33.5 Å². The minimum Gasteiger partial charge on any atom is -0.277 e. The van der Waals surface area contributed by atoms with Gasteiger partial charge in [0, 0.05) is 10.9 Å². The van der Waals surface area contributed by atoms with Crippen LogP contribution in [0, 0.1) is 11.3 Å². The first-order valence-corrected chi connectivity index (χ1v) is 9.92. The molecule has 3 aromatic carbocycles. The van der Waals surface area contributed by atoms with Gasteiger partial charge in [0.1, 0.15) is 6.07 Å². The molecule has 28 heavy (non-hydrogen) atoms. The van der Waals surface area contributed by atoms with Crippen LogP contribution in [0.2, 0.25) is 0 Å². The van der Waals surface area contributed by atoms with E-state index >= 15 is 0 Å². The fourth-order valence-corrected chi connectivity index (χ4v) is 3.69. The molecule has 0 fully saturated rings. The molecule has 0 unspecified atom stereocenters. The first-order chi connectivity index (χ1) is 13.8. The summed E-state index contributed by atoms with van der Waals surface area (Å²) in [4.78, 5) is 4.62. The van der Waals surface area contributed by atoms with Crippen molar-refractivity contribution < 1.29 is 0 Å². The van der Waals surface area contributed by atoms with Crippen molar-refractivity contribution in [2.75, 3.05) is 5.43 Å². The van der Waals surface area contributed by atoms with Crippen LogP contribution >= 0.6 is 11.3 Å². The SMILES string of the molecule is CCc1ccc(N/N=C(/C#N)c2nc(-c3ccc4ccccc4c3)cs2)cc1. The largest absolute Gasteiger partial charge is 0.277 e. The predicted octanol–water partition coefficient (Wildman–Crippen LogP) is 5.87. The van der Waals surface area contributed by atoms with Crippen LogP contribution < -0.4 is 5.43 Å². The van der Waals surface area contributed by atoms with E-state index in [4.69, 9.17) is 0 Å². The molecule has 4 nitrogen and oxygen atoms in total. The molecule has 1 N–H and O–H groups in total. The Labute approximate surface area is 167 Å². The molecule has 4 aromatic rings. The lowest BCUT2D eigenvalue weighted by Gasteiger charge is -2.02.